The van der Waals surface area contributed by atoms with E-state index in [2.05, 4.69) is 10.6 Å². The number of nitro benzene ring substituents is 1. The number of hydrogen-bond donors (Lipinski definition) is 3. The van der Waals surface area contributed by atoms with Crippen molar-refractivity contribution in [3.63, 3.8) is 0 Å². The van der Waals surface area contributed by atoms with Crippen LogP contribution < -0.4 is 10.6 Å². The zero-order chi connectivity index (χ0) is 20.0. The van der Waals surface area contributed by atoms with E-state index in [4.69, 9.17) is 0 Å². The van der Waals surface area contributed by atoms with E-state index in [0.29, 0.717) is 11.1 Å². The van der Waals surface area contributed by atoms with Gasteiger partial charge in [-0.15, -0.1) is 11.8 Å². The number of aryl methyl sites for hydroxylation is 1. The molecule has 0 radical (unpaired) electrons. The van der Waals surface area contributed by atoms with Crippen molar-refractivity contribution in [1.29, 1.82) is 0 Å². The minimum atomic E-state index is -1.05. The fourth-order valence-corrected chi connectivity index (χ4v) is 2.70. The van der Waals surface area contributed by atoms with Crippen LogP contribution in [0.2, 0.25) is 0 Å². The molecule has 1 atom stereocenters. The minimum absolute atomic E-state index is 0.0704. The van der Waals surface area contributed by atoms with Crippen LogP contribution in [0.25, 0.3) is 0 Å². The number of carbonyl (C=O) groups is 2. The molecule has 0 aromatic heterocycles. The Labute approximate surface area is 160 Å². The second kappa shape index (κ2) is 9.15. The first-order valence-corrected chi connectivity index (χ1v) is 9.20. The summed E-state index contributed by atoms with van der Waals surface area (Å²) < 4.78 is 0. The molecule has 2 aromatic rings. The number of thioether (sulfide) groups is 1. The van der Waals surface area contributed by atoms with Gasteiger partial charge in [-0.3, -0.25) is 19.7 Å². The number of anilines is 1. The number of aliphatic hydroxyl groups excluding tert-OH is 1. The van der Waals surface area contributed by atoms with Gasteiger partial charge in [0, 0.05) is 17.5 Å². The van der Waals surface area contributed by atoms with Crippen molar-refractivity contribution >= 4 is 35.0 Å². The molecule has 0 aliphatic rings. The van der Waals surface area contributed by atoms with Gasteiger partial charge in [0.25, 0.3) is 5.69 Å². The zero-order valence-corrected chi connectivity index (χ0v) is 15.6. The molecule has 0 heterocycles. The standard InChI is InChI=1S/C18H19N3O5S/c1-11-3-8-14(15(9-11)21(25)26)20-18(24)17(23)19-10-16(22)12-4-6-13(27-2)7-5-12/h3-9,16,22H,10H2,1-2H3,(H,19,23)(H,20,24). The van der Waals surface area contributed by atoms with E-state index in [0.717, 1.165) is 4.90 Å². The number of rotatable bonds is 6. The normalized spacial score (nSPS) is 11.5. The molecular weight excluding hydrogens is 370 g/mol. The molecule has 1 unspecified atom stereocenters. The van der Waals surface area contributed by atoms with E-state index in [9.17, 15) is 24.8 Å². The van der Waals surface area contributed by atoms with Crippen molar-refractivity contribution < 1.29 is 19.6 Å². The van der Waals surface area contributed by atoms with E-state index in [-0.39, 0.29) is 17.9 Å². The Bertz CT molecular complexity index is 855. The monoisotopic (exact) mass is 389 g/mol. The first-order valence-electron chi connectivity index (χ1n) is 7.98. The second-order valence-corrected chi connectivity index (χ2v) is 6.61. The quantitative estimate of drug-likeness (QED) is 0.302. The molecule has 3 N–H and O–H groups in total. The van der Waals surface area contributed by atoms with Crippen LogP contribution in [-0.4, -0.2) is 34.6 Å². The Morgan fingerprint density at radius 3 is 2.44 bits per heavy atom. The molecule has 27 heavy (non-hydrogen) atoms. The van der Waals surface area contributed by atoms with Gasteiger partial charge in [0.15, 0.2) is 0 Å². The van der Waals surface area contributed by atoms with Crippen molar-refractivity contribution in [2.24, 2.45) is 0 Å². The van der Waals surface area contributed by atoms with E-state index in [1.165, 1.54) is 12.1 Å². The molecular formula is C18H19N3O5S. The lowest BCUT2D eigenvalue weighted by atomic mass is 10.1. The average Bonchev–Trinajstić information content (AvgIpc) is 2.66. The maximum absolute atomic E-state index is 12.0. The summed E-state index contributed by atoms with van der Waals surface area (Å²) in [5.41, 5.74) is 0.881. The lowest BCUT2D eigenvalue weighted by Gasteiger charge is -2.13. The first-order chi connectivity index (χ1) is 12.8. The van der Waals surface area contributed by atoms with Gasteiger partial charge < -0.3 is 15.7 Å². The summed E-state index contributed by atoms with van der Waals surface area (Å²) >= 11 is 1.56. The topological polar surface area (TPSA) is 122 Å². The summed E-state index contributed by atoms with van der Waals surface area (Å²) in [6.45, 7) is 1.51. The largest absolute Gasteiger partial charge is 0.387 e. The van der Waals surface area contributed by atoms with E-state index in [1.807, 2.05) is 18.4 Å². The fourth-order valence-electron chi connectivity index (χ4n) is 2.29. The molecule has 0 saturated carbocycles. The highest BCUT2D eigenvalue weighted by Gasteiger charge is 2.21. The average molecular weight is 389 g/mol. The van der Waals surface area contributed by atoms with E-state index >= 15 is 0 Å². The van der Waals surface area contributed by atoms with Crippen molar-refractivity contribution in [2.45, 2.75) is 17.9 Å². The van der Waals surface area contributed by atoms with Crippen LogP contribution in [0.5, 0.6) is 0 Å². The van der Waals surface area contributed by atoms with Gasteiger partial charge in [-0.25, -0.2) is 0 Å². The number of amides is 2. The lowest BCUT2D eigenvalue weighted by molar-refractivity contribution is -0.384. The third-order valence-electron chi connectivity index (χ3n) is 3.76. The molecule has 0 spiro atoms. The van der Waals surface area contributed by atoms with Crippen molar-refractivity contribution in [1.82, 2.24) is 5.32 Å². The smallest absolute Gasteiger partial charge is 0.313 e. The van der Waals surface area contributed by atoms with E-state index < -0.39 is 22.8 Å². The van der Waals surface area contributed by atoms with E-state index in [1.54, 1.807) is 36.9 Å². The molecule has 2 aromatic carbocycles. The maximum Gasteiger partial charge on any atom is 0.313 e. The van der Waals surface area contributed by atoms with Gasteiger partial charge in [0.2, 0.25) is 0 Å². The van der Waals surface area contributed by atoms with Crippen LogP contribution in [0.15, 0.2) is 47.4 Å². The Kier molecular flexibility index (Phi) is 6.91. The predicted octanol–water partition coefficient (Wildman–Crippen LogP) is 2.41. The first kappa shape index (κ1) is 20.4. The number of nitrogens with zero attached hydrogens (tertiary/aromatic N) is 1. The van der Waals surface area contributed by atoms with Gasteiger partial charge in [0.05, 0.1) is 11.0 Å². The highest BCUT2D eigenvalue weighted by atomic mass is 32.2. The Hall–Kier alpha value is -2.91. The van der Waals surface area contributed by atoms with Crippen LogP contribution in [0, 0.1) is 17.0 Å². The summed E-state index contributed by atoms with van der Waals surface area (Å²) in [6, 6.07) is 11.4. The molecule has 2 rings (SSSR count). The molecule has 0 saturated heterocycles. The van der Waals surface area contributed by atoms with Crippen molar-refractivity contribution in [2.75, 3.05) is 18.1 Å². The summed E-state index contributed by atoms with van der Waals surface area (Å²) in [5.74, 6) is -2.04. The molecule has 0 aliphatic heterocycles. The molecule has 9 heteroatoms. The number of aliphatic hydroxyl groups is 1. The molecule has 0 bridgehead atoms. The third-order valence-corrected chi connectivity index (χ3v) is 4.50. The van der Waals surface area contributed by atoms with Crippen molar-refractivity contribution in [3.05, 3.63) is 63.7 Å². The summed E-state index contributed by atoms with van der Waals surface area (Å²) in [4.78, 5) is 35.4. The van der Waals surface area contributed by atoms with Crippen LogP contribution in [-0.2, 0) is 9.59 Å². The van der Waals surface area contributed by atoms with Gasteiger partial charge in [-0.2, -0.15) is 0 Å². The van der Waals surface area contributed by atoms with Crippen LogP contribution >= 0.6 is 11.8 Å². The van der Waals surface area contributed by atoms with Gasteiger partial charge >= 0.3 is 11.8 Å². The molecule has 8 nitrogen and oxygen atoms in total. The van der Waals surface area contributed by atoms with Gasteiger partial charge in [-0.1, -0.05) is 18.2 Å². The van der Waals surface area contributed by atoms with Gasteiger partial charge in [0.1, 0.15) is 5.69 Å². The highest BCUT2D eigenvalue weighted by Crippen LogP contribution is 2.25. The predicted molar refractivity (Wildman–Crippen MR) is 103 cm³/mol. The molecule has 0 aliphatic carbocycles. The molecule has 142 valence electrons. The highest BCUT2D eigenvalue weighted by molar-refractivity contribution is 7.98. The summed E-state index contributed by atoms with van der Waals surface area (Å²) in [5, 5.41) is 25.7. The number of nitrogens with one attached hydrogen (secondary N) is 2. The Balaban J connectivity index is 1.95. The second-order valence-electron chi connectivity index (χ2n) is 5.73. The molecule has 2 amide bonds. The summed E-state index contributed by atoms with van der Waals surface area (Å²) in [7, 11) is 0. The fraction of sp³-hybridized carbons (Fsp3) is 0.222. The zero-order valence-electron chi connectivity index (χ0n) is 14.8. The van der Waals surface area contributed by atoms with Crippen LogP contribution in [0.3, 0.4) is 0 Å². The maximum atomic E-state index is 12.0. The SMILES string of the molecule is CSc1ccc(C(O)CNC(=O)C(=O)Nc2ccc(C)cc2[N+](=O)[O-])cc1. The Morgan fingerprint density at radius 2 is 1.85 bits per heavy atom. The number of carbonyl (C=O) groups excluding carboxylic acids is 2. The minimum Gasteiger partial charge on any atom is -0.387 e. The third kappa shape index (κ3) is 5.53. The number of nitro groups is 1. The van der Waals surface area contributed by atoms with Crippen LogP contribution in [0.4, 0.5) is 11.4 Å². The lowest BCUT2D eigenvalue weighted by Crippen LogP contribution is -2.37. The van der Waals surface area contributed by atoms with Crippen LogP contribution in [0.1, 0.15) is 17.2 Å². The molecule has 0 fully saturated rings. The summed E-state index contributed by atoms with van der Waals surface area (Å²) in [6.07, 6.45) is 0.953. The number of benzene rings is 2. The Morgan fingerprint density at radius 1 is 1.19 bits per heavy atom. The van der Waals surface area contributed by atoms with Gasteiger partial charge in [-0.05, 0) is 42.5 Å². The van der Waals surface area contributed by atoms with Crippen molar-refractivity contribution in [3.8, 4) is 0 Å². The number of hydrogen-bond acceptors (Lipinski definition) is 6.